The molecule has 0 unspecified atom stereocenters. The molecule has 6 heteroatoms. The number of hydrogen-bond donors (Lipinski definition) is 1. The first-order valence-corrected chi connectivity index (χ1v) is 3.62. The minimum Gasteiger partial charge on any atom is -0.320 e. The highest BCUT2D eigenvalue weighted by Gasteiger charge is 2.34. The lowest BCUT2D eigenvalue weighted by Gasteiger charge is -2.02. The Labute approximate surface area is 78.2 Å². The summed E-state index contributed by atoms with van der Waals surface area (Å²) in [6.45, 7) is 0.140. The van der Waals surface area contributed by atoms with Gasteiger partial charge < -0.3 is 5.73 Å². The van der Waals surface area contributed by atoms with Crippen LogP contribution in [0, 0.1) is 11.8 Å². The maximum absolute atomic E-state index is 12.0. The molecular formula is C8H6F3N3. The first-order valence-electron chi connectivity index (χ1n) is 3.62. The van der Waals surface area contributed by atoms with Gasteiger partial charge in [-0.1, -0.05) is 11.8 Å². The molecule has 0 atom stereocenters. The quantitative estimate of drug-likeness (QED) is 0.632. The zero-order valence-corrected chi connectivity index (χ0v) is 6.97. The smallest absolute Gasteiger partial charge is 0.320 e. The molecule has 0 bridgehead atoms. The molecule has 0 fully saturated rings. The molecule has 2 N–H and O–H groups in total. The molecule has 0 saturated heterocycles. The monoisotopic (exact) mass is 201 g/mol. The maximum Gasteiger partial charge on any atom is 0.451 e. The van der Waals surface area contributed by atoms with Gasteiger partial charge in [-0.3, -0.25) is 0 Å². The van der Waals surface area contributed by atoms with Crippen molar-refractivity contribution < 1.29 is 13.2 Å². The summed E-state index contributed by atoms with van der Waals surface area (Å²) in [5.41, 5.74) is 5.39. The minimum atomic E-state index is -4.51. The van der Waals surface area contributed by atoms with Crippen LogP contribution in [-0.2, 0) is 6.18 Å². The minimum absolute atomic E-state index is 0.140. The molecule has 3 nitrogen and oxygen atoms in total. The number of aromatic nitrogens is 2. The van der Waals surface area contributed by atoms with E-state index in [1.165, 1.54) is 0 Å². The van der Waals surface area contributed by atoms with Crippen LogP contribution >= 0.6 is 0 Å². The van der Waals surface area contributed by atoms with Crippen molar-refractivity contribution in [3.63, 3.8) is 0 Å². The average molecular weight is 201 g/mol. The van der Waals surface area contributed by atoms with Crippen LogP contribution in [0.25, 0.3) is 0 Å². The van der Waals surface area contributed by atoms with Crippen LogP contribution in [0.4, 0.5) is 13.2 Å². The van der Waals surface area contributed by atoms with E-state index in [9.17, 15) is 13.2 Å². The first-order chi connectivity index (χ1) is 6.54. The van der Waals surface area contributed by atoms with Crippen LogP contribution in [-0.4, -0.2) is 16.5 Å². The third-order valence-corrected chi connectivity index (χ3v) is 1.24. The molecule has 1 aromatic rings. The highest BCUT2D eigenvalue weighted by Crippen LogP contribution is 2.25. The van der Waals surface area contributed by atoms with E-state index in [-0.39, 0.29) is 6.54 Å². The number of hydrogen-bond acceptors (Lipinski definition) is 3. The molecule has 1 heterocycles. The second-order valence-corrected chi connectivity index (χ2v) is 2.30. The molecule has 0 saturated carbocycles. The zero-order chi connectivity index (χ0) is 10.6. The second-order valence-electron chi connectivity index (χ2n) is 2.30. The third-order valence-electron chi connectivity index (χ3n) is 1.24. The van der Waals surface area contributed by atoms with Gasteiger partial charge in [0.15, 0.2) is 0 Å². The Morgan fingerprint density at radius 2 is 1.86 bits per heavy atom. The number of nitrogens with two attached hydrogens (primary N) is 1. The van der Waals surface area contributed by atoms with Crippen LogP contribution in [0.2, 0.25) is 0 Å². The summed E-state index contributed by atoms with van der Waals surface area (Å²) in [5.74, 6) is 3.82. The third kappa shape index (κ3) is 2.71. The molecule has 0 aliphatic carbocycles. The molecule has 0 aliphatic rings. The number of rotatable bonds is 0. The standard InChI is InChI=1S/C8H6F3N3/c9-8(10,11)7-13-4-6(5-14-7)2-1-3-12/h4-5H,3,12H2. The summed E-state index contributed by atoms with van der Waals surface area (Å²) in [6.07, 6.45) is -2.49. The Hall–Kier alpha value is -1.61. The van der Waals surface area contributed by atoms with Gasteiger partial charge in [0.05, 0.1) is 12.1 Å². The average Bonchev–Trinajstić information content (AvgIpc) is 2.14. The Kier molecular flexibility index (Phi) is 3.04. The number of alkyl halides is 3. The van der Waals surface area contributed by atoms with E-state index in [1.807, 2.05) is 0 Å². The summed E-state index contributed by atoms with van der Waals surface area (Å²) in [4.78, 5) is 6.25. The molecule has 0 amide bonds. The lowest BCUT2D eigenvalue weighted by Crippen LogP contribution is -2.10. The van der Waals surface area contributed by atoms with E-state index >= 15 is 0 Å². The lowest BCUT2D eigenvalue weighted by atomic mass is 10.3. The summed E-state index contributed by atoms with van der Waals surface area (Å²) >= 11 is 0. The first kappa shape index (κ1) is 10.5. The molecule has 0 aliphatic heterocycles. The predicted octanol–water partition coefficient (Wildman–Crippen LogP) is 0.806. The van der Waals surface area contributed by atoms with Gasteiger partial charge >= 0.3 is 6.18 Å². The van der Waals surface area contributed by atoms with Crippen molar-refractivity contribution in [3.8, 4) is 11.8 Å². The van der Waals surface area contributed by atoms with Crippen molar-refractivity contribution in [2.24, 2.45) is 5.73 Å². The molecule has 0 spiro atoms. The van der Waals surface area contributed by atoms with Gasteiger partial charge in [0.2, 0.25) is 5.82 Å². The normalized spacial score (nSPS) is 10.6. The molecule has 0 radical (unpaired) electrons. The summed E-state index contributed by atoms with van der Waals surface area (Å²) < 4.78 is 36.0. The van der Waals surface area contributed by atoms with Gasteiger partial charge in [-0.25, -0.2) is 9.97 Å². The Morgan fingerprint density at radius 1 is 1.29 bits per heavy atom. The van der Waals surface area contributed by atoms with Crippen LogP contribution in [0.15, 0.2) is 12.4 Å². The summed E-state index contributed by atoms with van der Waals surface area (Å²) in [5, 5.41) is 0. The van der Waals surface area contributed by atoms with Crippen molar-refractivity contribution in [3.05, 3.63) is 23.8 Å². The van der Waals surface area contributed by atoms with Crippen LogP contribution in [0.3, 0.4) is 0 Å². The fraction of sp³-hybridized carbons (Fsp3) is 0.250. The Bertz CT molecular complexity index is 358. The SMILES string of the molecule is NCC#Cc1cnc(C(F)(F)F)nc1. The van der Waals surface area contributed by atoms with E-state index < -0.39 is 12.0 Å². The van der Waals surface area contributed by atoms with Crippen molar-refractivity contribution in [1.82, 2.24) is 9.97 Å². The van der Waals surface area contributed by atoms with Crippen molar-refractivity contribution in [2.75, 3.05) is 6.54 Å². The highest BCUT2D eigenvalue weighted by molar-refractivity contribution is 5.29. The zero-order valence-electron chi connectivity index (χ0n) is 6.97. The molecule has 74 valence electrons. The van der Waals surface area contributed by atoms with Gasteiger partial charge in [0.1, 0.15) is 0 Å². The molecule has 14 heavy (non-hydrogen) atoms. The van der Waals surface area contributed by atoms with Crippen LogP contribution < -0.4 is 5.73 Å². The van der Waals surface area contributed by atoms with Gasteiger partial charge in [-0.05, 0) is 0 Å². The van der Waals surface area contributed by atoms with Crippen LogP contribution in [0.1, 0.15) is 11.4 Å². The lowest BCUT2D eigenvalue weighted by molar-refractivity contribution is -0.145. The summed E-state index contributed by atoms with van der Waals surface area (Å²) in [6, 6.07) is 0. The molecule has 0 aromatic carbocycles. The fourth-order valence-corrected chi connectivity index (χ4v) is 0.692. The van der Waals surface area contributed by atoms with Gasteiger partial charge in [-0.2, -0.15) is 13.2 Å². The highest BCUT2D eigenvalue weighted by atomic mass is 19.4. The van der Waals surface area contributed by atoms with E-state index in [4.69, 9.17) is 5.73 Å². The van der Waals surface area contributed by atoms with E-state index in [2.05, 4.69) is 21.8 Å². The van der Waals surface area contributed by atoms with Crippen molar-refractivity contribution >= 4 is 0 Å². The van der Waals surface area contributed by atoms with Crippen molar-refractivity contribution in [2.45, 2.75) is 6.18 Å². The van der Waals surface area contributed by atoms with E-state index in [0.717, 1.165) is 12.4 Å². The largest absolute Gasteiger partial charge is 0.451 e. The molecule has 1 rings (SSSR count). The fourth-order valence-electron chi connectivity index (χ4n) is 0.692. The van der Waals surface area contributed by atoms with Gasteiger partial charge in [0.25, 0.3) is 0 Å². The van der Waals surface area contributed by atoms with Crippen LogP contribution in [0.5, 0.6) is 0 Å². The number of nitrogens with zero attached hydrogens (tertiary/aromatic N) is 2. The second kappa shape index (κ2) is 4.07. The van der Waals surface area contributed by atoms with Gasteiger partial charge in [0, 0.05) is 12.4 Å². The molecule has 1 aromatic heterocycles. The van der Waals surface area contributed by atoms with E-state index in [0.29, 0.717) is 5.56 Å². The summed E-state index contributed by atoms with van der Waals surface area (Å²) in [7, 11) is 0. The predicted molar refractivity (Wildman–Crippen MR) is 43.0 cm³/mol. The maximum atomic E-state index is 12.0. The van der Waals surface area contributed by atoms with Gasteiger partial charge in [-0.15, -0.1) is 0 Å². The molecular weight excluding hydrogens is 195 g/mol. The number of halogens is 3. The van der Waals surface area contributed by atoms with E-state index in [1.54, 1.807) is 0 Å². The Morgan fingerprint density at radius 3 is 2.29 bits per heavy atom. The van der Waals surface area contributed by atoms with Crippen molar-refractivity contribution in [1.29, 1.82) is 0 Å². The topological polar surface area (TPSA) is 51.8 Å². The Balaban J connectivity index is 2.89.